The lowest BCUT2D eigenvalue weighted by atomic mass is 10.3. The van der Waals surface area contributed by atoms with Gasteiger partial charge in [-0.3, -0.25) is 4.79 Å². The van der Waals surface area contributed by atoms with Crippen LogP contribution in [0.15, 0.2) is 0 Å². The lowest BCUT2D eigenvalue weighted by Gasteiger charge is -2.15. The zero-order chi connectivity index (χ0) is 10.3. The van der Waals surface area contributed by atoms with Crippen LogP contribution in [0.1, 0.15) is 20.3 Å². The Labute approximate surface area is 79.9 Å². The molecule has 13 heavy (non-hydrogen) atoms. The highest BCUT2D eigenvalue weighted by Gasteiger charge is 2.04. The lowest BCUT2D eigenvalue weighted by Crippen LogP contribution is -2.33. The molecule has 0 rings (SSSR count). The van der Waals surface area contributed by atoms with E-state index in [2.05, 4.69) is 5.32 Å². The van der Waals surface area contributed by atoms with Crippen LogP contribution in [0.25, 0.3) is 0 Å². The molecule has 0 aromatic rings. The fraction of sp³-hybridized carbons (Fsp3) is 0.889. The zero-order valence-electron chi connectivity index (χ0n) is 8.71. The van der Waals surface area contributed by atoms with Gasteiger partial charge in [-0.1, -0.05) is 0 Å². The molecule has 0 heterocycles. The molecule has 0 saturated heterocycles. The standard InChI is InChI=1S/C9H20N2O2/c1-8(2)10-9(13)4-5-11(3)6-7-12/h8,12H,4-7H2,1-3H3,(H,10,13). The molecule has 0 aliphatic rings. The van der Waals surface area contributed by atoms with Gasteiger partial charge in [0.15, 0.2) is 0 Å². The number of amides is 1. The zero-order valence-corrected chi connectivity index (χ0v) is 8.71. The smallest absolute Gasteiger partial charge is 0.221 e. The number of carbonyl (C=O) groups excluding carboxylic acids is 1. The van der Waals surface area contributed by atoms with Crippen LogP contribution in [0.4, 0.5) is 0 Å². The molecule has 2 N–H and O–H groups in total. The van der Waals surface area contributed by atoms with Crippen molar-refractivity contribution in [3.63, 3.8) is 0 Å². The Kier molecular flexibility index (Phi) is 6.54. The van der Waals surface area contributed by atoms with Gasteiger partial charge in [0.05, 0.1) is 6.61 Å². The Hall–Kier alpha value is -0.610. The maximum absolute atomic E-state index is 11.2. The van der Waals surface area contributed by atoms with Crippen LogP contribution >= 0.6 is 0 Å². The molecule has 0 spiro atoms. The fourth-order valence-corrected chi connectivity index (χ4v) is 0.969. The van der Waals surface area contributed by atoms with Gasteiger partial charge >= 0.3 is 0 Å². The van der Waals surface area contributed by atoms with Gasteiger partial charge in [-0.2, -0.15) is 0 Å². The number of hydrogen-bond donors (Lipinski definition) is 2. The second-order valence-corrected chi connectivity index (χ2v) is 3.50. The minimum absolute atomic E-state index is 0.0692. The van der Waals surface area contributed by atoms with Crippen molar-refractivity contribution in [2.75, 3.05) is 26.7 Å². The Balaban J connectivity index is 3.46. The normalized spacial score (nSPS) is 10.9. The maximum atomic E-state index is 11.2. The Morgan fingerprint density at radius 2 is 2.08 bits per heavy atom. The van der Waals surface area contributed by atoms with E-state index in [4.69, 9.17) is 5.11 Å². The molecule has 0 aromatic heterocycles. The molecule has 0 fully saturated rings. The Bertz CT molecular complexity index is 149. The number of hydrogen-bond acceptors (Lipinski definition) is 3. The number of carbonyl (C=O) groups is 1. The van der Waals surface area contributed by atoms with Gasteiger partial charge < -0.3 is 15.3 Å². The van der Waals surface area contributed by atoms with E-state index in [9.17, 15) is 4.79 Å². The first-order valence-corrected chi connectivity index (χ1v) is 4.65. The average molecular weight is 188 g/mol. The lowest BCUT2D eigenvalue weighted by molar-refractivity contribution is -0.121. The van der Waals surface area contributed by atoms with Crippen molar-refractivity contribution >= 4 is 5.91 Å². The molecular formula is C9H20N2O2. The van der Waals surface area contributed by atoms with Crippen LogP contribution in [0.3, 0.4) is 0 Å². The van der Waals surface area contributed by atoms with Crippen LogP contribution in [0, 0.1) is 0 Å². The van der Waals surface area contributed by atoms with Gasteiger partial charge in [-0.25, -0.2) is 0 Å². The third kappa shape index (κ3) is 7.74. The molecule has 0 radical (unpaired) electrons. The number of nitrogens with zero attached hydrogens (tertiary/aromatic N) is 1. The summed E-state index contributed by atoms with van der Waals surface area (Å²) in [5.41, 5.74) is 0. The summed E-state index contributed by atoms with van der Waals surface area (Å²) in [7, 11) is 1.89. The third-order valence-corrected chi connectivity index (χ3v) is 1.65. The predicted octanol–water partition coefficient (Wildman–Crippen LogP) is -0.175. The minimum Gasteiger partial charge on any atom is -0.395 e. The maximum Gasteiger partial charge on any atom is 0.221 e. The van der Waals surface area contributed by atoms with Gasteiger partial charge in [0.25, 0.3) is 0 Å². The van der Waals surface area contributed by atoms with Crippen molar-refractivity contribution in [2.24, 2.45) is 0 Å². The third-order valence-electron chi connectivity index (χ3n) is 1.65. The predicted molar refractivity (Wildman–Crippen MR) is 52.5 cm³/mol. The summed E-state index contributed by atoms with van der Waals surface area (Å²) in [5, 5.41) is 11.4. The highest BCUT2D eigenvalue weighted by molar-refractivity contribution is 5.76. The van der Waals surface area contributed by atoms with E-state index in [0.717, 1.165) is 0 Å². The largest absolute Gasteiger partial charge is 0.395 e. The van der Waals surface area contributed by atoms with Gasteiger partial charge in [0.1, 0.15) is 0 Å². The monoisotopic (exact) mass is 188 g/mol. The summed E-state index contributed by atoms with van der Waals surface area (Å²) in [6.45, 7) is 5.33. The number of aliphatic hydroxyl groups excluding tert-OH is 1. The summed E-state index contributed by atoms with van der Waals surface area (Å²) in [6.07, 6.45) is 0.495. The Morgan fingerprint density at radius 1 is 1.46 bits per heavy atom. The molecule has 0 atom stereocenters. The summed E-state index contributed by atoms with van der Waals surface area (Å²) >= 11 is 0. The van der Waals surface area contributed by atoms with Crippen LogP contribution in [-0.4, -0.2) is 48.7 Å². The quantitative estimate of drug-likeness (QED) is 0.608. The number of nitrogens with one attached hydrogen (secondary N) is 1. The Morgan fingerprint density at radius 3 is 2.54 bits per heavy atom. The van der Waals surface area contributed by atoms with Gasteiger partial charge in [-0.05, 0) is 20.9 Å². The number of rotatable bonds is 6. The van der Waals surface area contributed by atoms with E-state index >= 15 is 0 Å². The molecule has 78 valence electrons. The summed E-state index contributed by atoms with van der Waals surface area (Å²) in [6, 6.07) is 0.204. The van der Waals surface area contributed by atoms with Crippen molar-refractivity contribution in [3.8, 4) is 0 Å². The number of aliphatic hydroxyl groups is 1. The highest BCUT2D eigenvalue weighted by Crippen LogP contribution is 1.88. The van der Waals surface area contributed by atoms with E-state index in [1.54, 1.807) is 0 Å². The molecule has 0 bridgehead atoms. The summed E-state index contributed by atoms with van der Waals surface area (Å²) in [5.74, 6) is 0.0692. The van der Waals surface area contributed by atoms with E-state index in [1.807, 2.05) is 25.8 Å². The van der Waals surface area contributed by atoms with Crippen molar-refractivity contribution in [3.05, 3.63) is 0 Å². The van der Waals surface area contributed by atoms with Gasteiger partial charge in [0, 0.05) is 25.6 Å². The molecule has 0 unspecified atom stereocenters. The van der Waals surface area contributed by atoms with Crippen molar-refractivity contribution in [1.29, 1.82) is 0 Å². The average Bonchev–Trinajstić information content (AvgIpc) is 2.00. The second kappa shape index (κ2) is 6.86. The molecule has 0 aliphatic carbocycles. The molecule has 0 aromatic carbocycles. The first-order chi connectivity index (χ1) is 6.06. The topological polar surface area (TPSA) is 52.6 Å². The van der Waals surface area contributed by atoms with E-state index in [-0.39, 0.29) is 18.6 Å². The van der Waals surface area contributed by atoms with Crippen LogP contribution in [-0.2, 0) is 4.79 Å². The molecule has 1 amide bonds. The van der Waals surface area contributed by atoms with Crippen molar-refractivity contribution in [2.45, 2.75) is 26.3 Å². The molecule has 0 saturated carbocycles. The van der Waals surface area contributed by atoms with Crippen molar-refractivity contribution < 1.29 is 9.90 Å². The first-order valence-electron chi connectivity index (χ1n) is 4.65. The second-order valence-electron chi connectivity index (χ2n) is 3.50. The van der Waals surface area contributed by atoms with Crippen LogP contribution in [0.2, 0.25) is 0 Å². The van der Waals surface area contributed by atoms with Crippen molar-refractivity contribution in [1.82, 2.24) is 10.2 Å². The highest BCUT2D eigenvalue weighted by atomic mass is 16.3. The first kappa shape index (κ1) is 12.4. The molecular weight excluding hydrogens is 168 g/mol. The fourth-order valence-electron chi connectivity index (χ4n) is 0.969. The van der Waals surface area contributed by atoms with Gasteiger partial charge in [0.2, 0.25) is 5.91 Å². The molecule has 0 aliphatic heterocycles. The van der Waals surface area contributed by atoms with Crippen LogP contribution < -0.4 is 5.32 Å². The minimum atomic E-state index is 0.0692. The van der Waals surface area contributed by atoms with E-state index in [0.29, 0.717) is 19.5 Å². The van der Waals surface area contributed by atoms with E-state index < -0.39 is 0 Å². The molecule has 4 heteroatoms. The summed E-state index contributed by atoms with van der Waals surface area (Å²) in [4.78, 5) is 13.1. The number of likely N-dealkylation sites (N-methyl/N-ethyl adjacent to an activating group) is 1. The van der Waals surface area contributed by atoms with Crippen LogP contribution in [0.5, 0.6) is 0 Å². The van der Waals surface area contributed by atoms with E-state index in [1.165, 1.54) is 0 Å². The summed E-state index contributed by atoms with van der Waals surface area (Å²) < 4.78 is 0. The SMILES string of the molecule is CC(C)NC(=O)CCN(C)CCO. The van der Waals surface area contributed by atoms with Gasteiger partial charge in [-0.15, -0.1) is 0 Å². The molecule has 4 nitrogen and oxygen atoms in total.